The second kappa shape index (κ2) is 7.81. The molecule has 1 heterocycles. The van der Waals surface area contributed by atoms with Crippen LogP contribution in [0.5, 0.6) is 11.5 Å². The second-order valence-corrected chi connectivity index (χ2v) is 6.65. The number of ether oxygens (including phenoxy) is 2. The number of esters is 1. The summed E-state index contributed by atoms with van der Waals surface area (Å²) < 4.78 is 16.6. The lowest BCUT2D eigenvalue weighted by molar-refractivity contribution is 0.0731. The normalized spacial score (nSPS) is 10.7. The summed E-state index contributed by atoms with van der Waals surface area (Å²) in [6, 6.07) is 19.9. The van der Waals surface area contributed by atoms with Crippen molar-refractivity contribution in [3.63, 3.8) is 0 Å². The van der Waals surface area contributed by atoms with Crippen LogP contribution in [0.2, 0.25) is 5.02 Å². The molecule has 0 N–H and O–H groups in total. The van der Waals surface area contributed by atoms with E-state index in [1.165, 1.54) is 12.1 Å². The Bertz CT molecular complexity index is 1240. The summed E-state index contributed by atoms with van der Waals surface area (Å²) in [6.45, 7) is 0. The predicted molar refractivity (Wildman–Crippen MR) is 111 cm³/mol. The first kappa shape index (κ1) is 18.8. The maximum atomic E-state index is 13.1. The van der Waals surface area contributed by atoms with E-state index in [1.54, 1.807) is 67.8 Å². The van der Waals surface area contributed by atoms with Gasteiger partial charge in [-0.05, 0) is 60.7 Å². The fourth-order valence-electron chi connectivity index (χ4n) is 2.89. The summed E-state index contributed by atoms with van der Waals surface area (Å²) in [7, 11) is 1.56. The van der Waals surface area contributed by atoms with Gasteiger partial charge in [-0.2, -0.15) is 0 Å². The Morgan fingerprint density at radius 3 is 2.31 bits per heavy atom. The number of carbonyl (C=O) groups is 1. The van der Waals surface area contributed by atoms with E-state index >= 15 is 0 Å². The van der Waals surface area contributed by atoms with Crippen molar-refractivity contribution in [1.82, 2.24) is 0 Å². The van der Waals surface area contributed by atoms with Gasteiger partial charge in [0.15, 0.2) is 5.76 Å². The summed E-state index contributed by atoms with van der Waals surface area (Å²) in [5.74, 6) is -0.0388. The Kier molecular flexibility index (Phi) is 5.06. The molecule has 0 unspecified atom stereocenters. The van der Waals surface area contributed by atoms with E-state index in [-0.39, 0.29) is 17.1 Å². The van der Waals surface area contributed by atoms with Gasteiger partial charge in [0.2, 0.25) is 11.2 Å². The average molecular weight is 407 g/mol. The van der Waals surface area contributed by atoms with Gasteiger partial charge in [-0.25, -0.2) is 4.79 Å². The summed E-state index contributed by atoms with van der Waals surface area (Å²) in [4.78, 5) is 25.7. The number of rotatable bonds is 4. The number of benzene rings is 3. The summed E-state index contributed by atoms with van der Waals surface area (Å²) in [5.41, 5.74) is 0.810. The minimum atomic E-state index is -0.681. The Labute approximate surface area is 171 Å². The van der Waals surface area contributed by atoms with Gasteiger partial charge in [0.25, 0.3) is 0 Å². The SMILES string of the molecule is COc1ccc(-c2oc3ccccc3c(=O)c2OC(=O)c2ccc(Cl)cc2)cc1. The first-order valence-electron chi connectivity index (χ1n) is 8.75. The summed E-state index contributed by atoms with van der Waals surface area (Å²) in [6.07, 6.45) is 0. The number of methoxy groups -OCH3 is 1. The predicted octanol–water partition coefficient (Wildman–Crippen LogP) is 5.34. The Balaban J connectivity index is 1.85. The van der Waals surface area contributed by atoms with Gasteiger partial charge in [-0.3, -0.25) is 4.79 Å². The monoisotopic (exact) mass is 406 g/mol. The molecule has 29 heavy (non-hydrogen) atoms. The maximum absolute atomic E-state index is 13.1. The van der Waals surface area contributed by atoms with Gasteiger partial charge in [-0.1, -0.05) is 23.7 Å². The lowest BCUT2D eigenvalue weighted by Crippen LogP contribution is -2.16. The highest BCUT2D eigenvalue weighted by Gasteiger charge is 2.21. The van der Waals surface area contributed by atoms with Crippen LogP contribution in [-0.4, -0.2) is 13.1 Å². The maximum Gasteiger partial charge on any atom is 0.343 e. The number of hydrogen-bond acceptors (Lipinski definition) is 5. The molecule has 0 amide bonds. The van der Waals surface area contributed by atoms with Gasteiger partial charge < -0.3 is 13.9 Å². The molecule has 0 aliphatic heterocycles. The lowest BCUT2D eigenvalue weighted by atomic mass is 10.1. The van der Waals surface area contributed by atoms with E-state index in [1.807, 2.05) is 0 Å². The van der Waals surface area contributed by atoms with Crippen LogP contribution in [0, 0.1) is 0 Å². The highest BCUT2D eigenvalue weighted by atomic mass is 35.5. The molecule has 0 atom stereocenters. The van der Waals surface area contributed by atoms with Crippen LogP contribution in [0.15, 0.2) is 82.0 Å². The van der Waals surface area contributed by atoms with E-state index in [0.717, 1.165) is 0 Å². The topological polar surface area (TPSA) is 65.7 Å². The first-order chi connectivity index (χ1) is 14.1. The van der Waals surface area contributed by atoms with Crippen LogP contribution < -0.4 is 14.9 Å². The van der Waals surface area contributed by atoms with Crippen LogP contribution in [0.25, 0.3) is 22.3 Å². The minimum Gasteiger partial charge on any atom is -0.497 e. The van der Waals surface area contributed by atoms with E-state index < -0.39 is 11.4 Å². The number of para-hydroxylation sites is 1. The molecule has 0 radical (unpaired) electrons. The fourth-order valence-corrected chi connectivity index (χ4v) is 3.01. The molecular weight excluding hydrogens is 392 g/mol. The van der Waals surface area contributed by atoms with Crippen molar-refractivity contribution in [2.75, 3.05) is 7.11 Å². The van der Waals surface area contributed by atoms with Gasteiger partial charge in [0.1, 0.15) is 11.3 Å². The van der Waals surface area contributed by atoms with Gasteiger partial charge in [0, 0.05) is 10.6 Å². The van der Waals surface area contributed by atoms with Crippen LogP contribution in [0.4, 0.5) is 0 Å². The summed E-state index contributed by atoms with van der Waals surface area (Å²) in [5, 5.41) is 0.814. The minimum absolute atomic E-state index is 0.165. The van der Waals surface area contributed by atoms with Crippen molar-refractivity contribution < 1.29 is 18.7 Å². The molecule has 0 fully saturated rings. The van der Waals surface area contributed by atoms with E-state index in [2.05, 4.69) is 0 Å². The van der Waals surface area contributed by atoms with Crippen molar-refractivity contribution in [2.24, 2.45) is 0 Å². The third kappa shape index (κ3) is 3.73. The molecule has 4 rings (SSSR count). The molecule has 0 bridgehead atoms. The molecule has 6 heteroatoms. The van der Waals surface area contributed by atoms with E-state index in [0.29, 0.717) is 27.3 Å². The largest absolute Gasteiger partial charge is 0.497 e. The van der Waals surface area contributed by atoms with Crippen molar-refractivity contribution >= 4 is 28.5 Å². The molecule has 0 saturated carbocycles. The molecule has 0 spiro atoms. The summed E-state index contributed by atoms with van der Waals surface area (Å²) >= 11 is 5.87. The third-order valence-corrected chi connectivity index (χ3v) is 4.64. The number of halogens is 1. The Hall–Kier alpha value is -3.57. The second-order valence-electron chi connectivity index (χ2n) is 6.21. The van der Waals surface area contributed by atoms with E-state index in [9.17, 15) is 9.59 Å². The highest BCUT2D eigenvalue weighted by Crippen LogP contribution is 2.32. The van der Waals surface area contributed by atoms with Crippen LogP contribution in [-0.2, 0) is 0 Å². The standard InChI is InChI=1S/C23H15ClO5/c1-27-17-12-8-14(9-13-17)21-22(20(25)18-4-2-3-5-19(18)28-21)29-23(26)15-6-10-16(24)11-7-15/h2-13H,1H3. The van der Waals surface area contributed by atoms with Gasteiger partial charge in [-0.15, -0.1) is 0 Å². The van der Waals surface area contributed by atoms with Crippen LogP contribution in [0.1, 0.15) is 10.4 Å². The zero-order valence-corrected chi connectivity index (χ0v) is 16.1. The quantitative estimate of drug-likeness (QED) is 0.428. The first-order valence-corrected chi connectivity index (χ1v) is 9.12. The van der Waals surface area contributed by atoms with Crippen LogP contribution >= 0.6 is 11.6 Å². The third-order valence-electron chi connectivity index (χ3n) is 4.38. The Morgan fingerprint density at radius 1 is 0.931 bits per heavy atom. The van der Waals surface area contributed by atoms with Crippen LogP contribution in [0.3, 0.4) is 0 Å². The van der Waals surface area contributed by atoms with Crippen molar-refractivity contribution in [3.8, 4) is 22.8 Å². The molecule has 144 valence electrons. The lowest BCUT2D eigenvalue weighted by Gasteiger charge is -2.11. The number of fused-ring (bicyclic) bond motifs is 1. The number of carbonyl (C=O) groups excluding carboxylic acids is 1. The molecule has 3 aromatic carbocycles. The van der Waals surface area contributed by atoms with Gasteiger partial charge >= 0.3 is 5.97 Å². The molecule has 0 aliphatic rings. The molecule has 0 aliphatic carbocycles. The zero-order chi connectivity index (χ0) is 20.4. The van der Waals surface area contributed by atoms with Crippen molar-refractivity contribution in [1.29, 1.82) is 0 Å². The highest BCUT2D eigenvalue weighted by molar-refractivity contribution is 6.30. The molecule has 5 nitrogen and oxygen atoms in total. The zero-order valence-electron chi connectivity index (χ0n) is 15.3. The van der Waals surface area contributed by atoms with Gasteiger partial charge in [0.05, 0.1) is 18.1 Å². The fraction of sp³-hybridized carbons (Fsp3) is 0.0435. The van der Waals surface area contributed by atoms with Crippen molar-refractivity contribution in [3.05, 3.63) is 93.6 Å². The molecular formula is C23H15ClO5. The molecule has 1 aromatic heterocycles. The van der Waals surface area contributed by atoms with Crippen molar-refractivity contribution in [2.45, 2.75) is 0 Å². The molecule has 4 aromatic rings. The number of hydrogen-bond donors (Lipinski definition) is 0. The Morgan fingerprint density at radius 2 is 1.62 bits per heavy atom. The van der Waals surface area contributed by atoms with E-state index in [4.69, 9.17) is 25.5 Å². The smallest absolute Gasteiger partial charge is 0.343 e. The average Bonchev–Trinajstić information content (AvgIpc) is 2.76. The molecule has 0 saturated heterocycles.